The van der Waals surface area contributed by atoms with E-state index in [1.165, 1.54) is 23.9 Å². The zero-order valence-electron chi connectivity index (χ0n) is 14.4. The van der Waals surface area contributed by atoms with E-state index < -0.39 is 0 Å². The van der Waals surface area contributed by atoms with Gasteiger partial charge in [0.2, 0.25) is 11.8 Å². The molecule has 1 aromatic carbocycles. The van der Waals surface area contributed by atoms with E-state index in [1.807, 2.05) is 7.05 Å². The normalized spacial score (nSPS) is 15.2. The molecule has 138 valence electrons. The van der Waals surface area contributed by atoms with Crippen molar-refractivity contribution < 1.29 is 14.0 Å². The van der Waals surface area contributed by atoms with Crippen LogP contribution in [0.4, 0.5) is 4.39 Å². The maximum absolute atomic E-state index is 13.0. The quantitative estimate of drug-likeness (QED) is 0.796. The second kappa shape index (κ2) is 7.86. The van der Waals surface area contributed by atoms with Crippen molar-refractivity contribution >= 4 is 23.6 Å². The average molecular weight is 377 g/mol. The number of rotatable bonds is 5. The van der Waals surface area contributed by atoms with E-state index in [2.05, 4.69) is 10.2 Å². The molecule has 2 N–H and O–H groups in total. The van der Waals surface area contributed by atoms with Crippen molar-refractivity contribution in [2.45, 2.75) is 18.0 Å². The van der Waals surface area contributed by atoms with Gasteiger partial charge in [0.25, 0.3) is 0 Å². The first-order valence-electron chi connectivity index (χ1n) is 8.31. The molecule has 0 aliphatic carbocycles. The van der Waals surface area contributed by atoms with Crippen molar-refractivity contribution in [1.82, 2.24) is 19.7 Å². The van der Waals surface area contributed by atoms with Gasteiger partial charge in [0.05, 0.1) is 5.75 Å². The molecule has 0 bridgehead atoms. The summed E-state index contributed by atoms with van der Waals surface area (Å²) < 4.78 is 14.8. The number of halogens is 1. The summed E-state index contributed by atoms with van der Waals surface area (Å²) >= 11 is 1.31. The molecule has 2 aromatic rings. The summed E-state index contributed by atoms with van der Waals surface area (Å²) in [5.74, 6) is 0.127. The molecular formula is C17H20FN5O2S. The van der Waals surface area contributed by atoms with Crippen molar-refractivity contribution in [3.05, 3.63) is 30.1 Å². The fraction of sp³-hybridized carbons (Fsp3) is 0.412. The number of nitrogens with zero attached hydrogens (tertiary/aromatic N) is 4. The molecule has 3 rings (SSSR count). The molecule has 1 fully saturated rings. The Balaban J connectivity index is 1.58. The number of hydrogen-bond donors (Lipinski definition) is 1. The zero-order chi connectivity index (χ0) is 18.7. The Labute approximate surface area is 154 Å². The van der Waals surface area contributed by atoms with Crippen LogP contribution in [-0.2, 0) is 16.6 Å². The first-order valence-corrected chi connectivity index (χ1v) is 9.29. The molecule has 0 unspecified atom stereocenters. The number of likely N-dealkylation sites (tertiary alicyclic amines) is 1. The van der Waals surface area contributed by atoms with E-state index in [0.717, 1.165) is 5.56 Å². The van der Waals surface area contributed by atoms with Crippen molar-refractivity contribution in [3.63, 3.8) is 0 Å². The van der Waals surface area contributed by atoms with E-state index >= 15 is 0 Å². The van der Waals surface area contributed by atoms with Gasteiger partial charge in [-0.3, -0.25) is 9.59 Å². The summed E-state index contributed by atoms with van der Waals surface area (Å²) in [5, 5.41) is 8.86. The Morgan fingerprint density at radius 1 is 1.23 bits per heavy atom. The van der Waals surface area contributed by atoms with E-state index in [1.54, 1.807) is 21.6 Å². The lowest BCUT2D eigenvalue weighted by Crippen LogP contribution is -2.42. The molecule has 2 amide bonds. The van der Waals surface area contributed by atoms with Crippen molar-refractivity contribution in [2.24, 2.45) is 18.7 Å². The number of benzene rings is 1. The van der Waals surface area contributed by atoms with Crippen LogP contribution >= 0.6 is 11.8 Å². The Kier molecular flexibility index (Phi) is 5.55. The molecule has 1 saturated heterocycles. The predicted molar refractivity (Wildman–Crippen MR) is 95.6 cm³/mol. The van der Waals surface area contributed by atoms with Crippen LogP contribution in [0.25, 0.3) is 11.4 Å². The summed E-state index contributed by atoms with van der Waals surface area (Å²) in [7, 11) is 1.81. The van der Waals surface area contributed by atoms with Gasteiger partial charge in [0.15, 0.2) is 11.0 Å². The number of primary amides is 1. The highest BCUT2D eigenvalue weighted by Gasteiger charge is 2.26. The number of nitrogens with two attached hydrogens (primary N) is 1. The summed E-state index contributed by atoms with van der Waals surface area (Å²) in [6, 6.07) is 6.02. The molecule has 1 aliphatic heterocycles. The molecule has 26 heavy (non-hydrogen) atoms. The Morgan fingerprint density at radius 3 is 2.50 bits per heavy atom. The van der Waals surface area contributed by atoms with Gasteiger partial charge in [0, 0.05) is 31.6 Å². The standard InChI is InChI=1S/C17H20FN5O2S/c1-22-16(12-2-4-13(18)5-3-12)20-21-17(22)26-10-14(24)23-8-6-11(7-9-23)15(19)25/h2-5,11H,6-10H2,1H3,(H2,19,25). The van der Waals surface area contributed by atoms with Crippen LogP contribution in [0.1, 0.15) is 12.8 Å². The first-order chi connectivity index (χ1) is 12.5. The number of piperidine rings is 1. The summed E-state index contributed by atoms with van der Waals surface area (Å²) in [6.45, 7) is 1.10. The average Bonchev–Trinajstić information content (AvgIpc) is 3.01. The summed E-state index contributed by atoms with van der Waals surface area (Å²) in [4.78, 5) is 25.3. The van der Waals surface area contributed by atoms with Crippen LogP contribution in [0, 0.1) is 11.7 Å². The molecule has 9 heteroatoms. The zero-order valence-corrected chi connectivity index (χ0v) is 15.2. The van der Waals surface area contributed by atoms with Crippen LogP contribution in [-0.4, -0.2) is 50.3 Å². The predicted octanol–water partition coefficient (Wildman–Crippen LogP) is 1.44. The van der Waals surface area contributed by atoms with E-state index in [9.17, 15) is 14.0 Å². The minimum absolute atomic E-state index is 0.00394. The van der Waals surface area contributed by atoms with E-state index in [-0.39, 0.29) is 29.3 Å². The van der Waals surface area contributed by atoms with Gasteiger partial charge >= 0.3 is 0 Å². The maximum atomic E-state index is 13.0. The minimum Gasteiger partial charge on any atom is -0.369 e. The molecule has 2 heterocycles. The summed E-state index contributed by atoms with van der Waals surface area (Å²) in [6.07, 6.45) is 1.23. The second-order valence-electron chi connectivity index (χ2n) is 6.22. The van der Waals surface area contributed by atoms with Crippen LogP contribution in [0.15, 0.2) is 29.4 Å². The van der Waals surface area contributed by atoms with E-state index in [4.69, 9.17) is 5.73 Å². The molecule has 7 nitrogen and oxygen atoms in total. The highest BCUT2D eigenvalue weighted by molar-refractivity contribution is 7.99. The SMILES string of the molecule is Cn1c(SCC(=O)N2CCC(C(N)=O)CC2)nnc1-c1ccc(F)cc1. The van der Waals surface area contributed by atoms with Crippen LogP contribution in [0.3, 0.4) is 0 Å². The monoisotopic (exact) mass is 377 g/mol. The molecule has 1 aromatic heterocycles. The number of thioether (sulfide) groups is 1. The smallest absolute Gasteiger partial charge is 0.233 e. The van der Waals surface area contributed by atoms with Gasteiger partial charge in [-0.2, -0.15) is 0 Å². The van der Waals surface area contributed by atoms with Gasteiger partial charge in [0.1, 0.15) is 5.82 Å². The molecule has 0 spiro atoms. The number of aromatic nitrogens is 3. The van der Waals surface area contributed by atoms with Crippen LogP contribution < -0.4 is 5.73 Å². The Hall–Kier alpha value is -2.42. The topological polar surface area (TPSA) is 94.1 Å². The van der Waals surface area contributed by atoms with Crippen molar-refractivity contribution in [2.75, 3.05) is 18.8 Å². The van der Waals surface area contributed by atoms with Gasteiger partial charge in [-0.25, -0.2) is 4.39 Å². The van der Waals surface area contributed by atoms with Crippen molar-refractivity contribution in [3.8, 4) is 11.4 Å². The fourth-order valence-electron chi connectivity index (χ4n) is 2.92. The van der Waals surface area contributed by atoms with E-state index in [0.29, 0.717) is 36.9 Å². The number of amides is 2. The Morgan fingerprint density at radius 2 is 1.88 bits per heavy atom. The van der Waals surface area contributed by atoms with Gasteiger partial charge in [-0.15, -0.1) is 10.2 Å². The lowest BCUT2D eigenvalue weighted by Gasteiger charge is -2.30. The molecule has 1 aliphatic rings. The lowest BCUT2D eigenvalue weighted by atomic mass is 9.96. The highest BCUT2D eigenvalue weighted by atomic mass is 32.2. The third-order valence-electron chi connectivity index (χ3n) is 4.51. The van der Waals surface area contributed by atoms with Gasteiger partial charge in [-0.1, -0.05) is 11.8 Å². The lowest BCUT2D eigenvalue weighted by molar-refractivity contribution is -0.132. The maximum Gasteiger partial charge on any atom is 0.233 e. The molecular weight excluding hydrogens is 357 g/mol. The number of carbonyl (C=O) groups is 2. The third kappa shape index (κ3) is 4.04. The third-order valence-corrected chi connectivity index (χ3v) is 5.52. The van der Waals surface area contributed by atoms with Crippen LogP contribution in [0.5, 0.6) is 0 Å². The van der Waals surface area contributed by atoms with Gasteiger partial charge < -0.3 is 15.2 Å². The van der Waals surface area contributed by atoms with Gasteiger partial charge in [-0.05, 0) is 37.1 Å². The first kappa shape index (κ1) is 18.4. The van der Waals surface area contributed by atoms with Crippen molar-refractivity contribution in [1.29, 1.82) is 0 Å². The Bertz CT molecular complexity index is 800. The molecule has 0 radical (unpaired) electrons. The number of hydrogen-bond acceptors (Lipinski definition) is 5. The number of carbonyl (C=O) groups excluding carboxylic acids is 2. The molecule has 0 saturated carbocycles. The molecule has 0 atom stereocenters. The minimum atomic E-state index is -0.309. The largest absolute Gasteiger partial charge is 0.369 e. The van der Waals surface area contributed by atoms with Crippen LogP contribution in [0.2, 0.25) is 0 Å². The summed E-state index contributed by atoms with van der Waals surface area (Å²) in [5.41, 5.74) is 6.07. The fourth-order valence-corrected chi connectivity index (χ4v) is 3.74. The second-order valence-corrected chi connectivity index (χ2v) is 7.16. The highest BCUT2D eigenvalue weighted by Crippen LogP contribution is 2.24.